The molecule has 3 aliphatic rings. The molecule has 1 fully saturated rings. The van der Waals surface area contributed by atoms with Gasteiger partial charge in [0.15, 0.2) is 11.5 Å². The van der Waals surface area contributed by atoms with Gasteiger partial charge < -0.3 is 16.0 Å². The van der Waals surface area contributed by atoms with Gasteiger partial charge in [0.25, 0.3) is 5.91 Å². The van der Waals surface area contributed by atoms with E-state index in [1.54, 1.807) is 55.7 Å². The van der Waals surface area contributed by atoms with E-state index in [2.05, 4.69) is 25.4 Å². The maximum Gasteiger partial charge on any atom is 0.267 e. The largest absolute Gasteiger partial charge is 0.364 e. The minimum absolute atomic E-state index is 0.0167. The van der Waals surface area contributed by atoms with Gasteiger partial charge in [0.05, 0.1) is 12.2 Å². The lowest BCUT2D eigenvalue weighted by Crippen LogP contribution is -2.38. The molecule has 14 heteroatoms. The average Bonchev–Trinajstić information content (AvgIpc) is 3.54. The topological polar surface area (TPSA) is 146 Å². The Morgan fingerprint density at radius 3 is 2.59 bits per heavy atom. The molecule has 6 rings (SSSR count). The van der Waals surface area contributed by atoms with E-state index in [9.17, 15) is 14.4 Å². The molecule has 208 valence electrons. The second-order valence-corrected chi connectivity index (χ2v) is 11.1. The minimum Gasteiger partial charge on any atom is -0.364 e. The minimum atomic E-state index is -0.767. The van der Waals surface area contributed by atoms with E-state index in [-0.39, 0.29) is 36.0 Å². The van der Waals surface area contributed by atoms with Gasteiger partial charge in [0.2, 0.25) is 11.8 Å². The summed E-state index contributed by atoms with van der Waals surface area (Å²) in [7, 11) is 0. The number of fused-ring (bicyclic) bond motifs is 1. The number of nitrogens with one attached hydrogen (secondary N) is 1. The molecule has 0 spiro atoms. The highest BCUT2D eigenvalue weighted by atomic mass is 35.5. The fourth-order valence-electron chi connectivity index (χ4n) is 4.64. The van der Waals surface area contributed by atoms with Crippen LogP contribution in [0.4, 0.5) is 10.1 Å². The first-order chi connectivity index (χ1) is 19.7. The summed E-state index contributed by atoms with van der Waals surface area (Å²) in [5.41, 5.74) is 7.00. The van der Waals surface area contributed by atoms with Crippen molar-refractivity contribution >= 4 is 57.5 Å². The lowest BCUT2D eigenvalue weighted by molar-refractivity contribution is -0.129. The zero-order valence-corrected chi connectivity index (χ0v) is 23.1. The van der Waals surface area contributed by atoms with Crippen molar-refractivity contribution in [3.8, 4) is 11.1 Å². The zero-order valence-electron chi connectivity index (χ0n) is 21.5. The number of benzene rings is 2. The van der Waals surface area contributed by atoms with Gasteiger partial charge in [-0.05, 0) is 19.1 Å². The predicted molar refractivity (Wildman–Crippen MR) is 153 cm³/mol. The number of nitrogens with zero attached hydrogens (tertiary/aromatic N) is 6. The lowest BCUT2D eigenvalue weighted by Gasteiger charge is -2.21. The number of aromatic nitrogens is 2. The molecule has 3 atom stereocenters. The maximum atomic E-state index is 15.3. The number of amides is 3. The smallest absolute Gasteiger partial charge is 0.267 e. The number of rotatable bonds is 7. The van der Waals surface area contributed by atoms with Gasteiger partial charge in [-0.2, -0.15) is 5.10 Å². The Morgan fingerprint density at radius 1 is 1.12 bits per heavy atom. The van der Waals surface area contributed by atoms with Gasteiger partial charge >= 0.3 is 0 Å². The zero-order chi connectivity index (χ0) is 28.8. The summed E-state index contributed by atoms with van der Waals surface area (Å²) < 4.78 is 15.3. The van der Waals surface area contributed by atoms with Crippen molar-refractivity contribution in [1.29, 1.82) is 0 Å². The molecular weight excluding hydrogens is 571 g/mol. The average molecular weight is 593 g/mol. The van der Waals surface area contributed by atoms with Crippen LogP contribution in [0, 0.1) is 12.7 Å². The Kier molecular flexibility index (Phi) is 6.91. The third-order valence-corrected chi connectivity index (χ3v) is 8.44. The van der Waals surface area contributed by atoms with Crippen molar-refractivity contribution in [3.05, 3.63) is 77.1 Å². The lowest BCUT2D eigenvalue weighted by atomic mass is 10.0. The Hall–Kier alpha value is -4.36. The van der Waals surface area contributed by atoms with E-state index in [1.807, 2.05) is 0 Å². The second kappa shape index (κ2) is 10.6. The number of aryl methyl sites for hydroxylation is 1. The first-order valence-corrected chi connectivity index (χ1v) is 13.8. The molecule has 3 aliphatic heterocycles. The van der Waals surface area contributed by atoms with Crippen LogP contribution in [0.5, 0.6) is 0 Å². The van der Waals surface area contributed by atoms with Crippen molar-refractivity contribution < 1.29 is 18.8 Å². The third-order valence-electron chi connectivity index (χ3n) is 6.80. The molecule has 0 radical (unpaired) electrons. The first-order valence-electron chi connectivity index (χ1n) is 12.5. The SMILES string of the molecule is Cc1ncc(C2=NC3C(C(N)=O)=NN(CC(=O)N4C[C@H]4C(=O)Nc4cccc(-c5ccccc5Cl)c4F)C3S2)cn1. The summed E-state index contributed by atoms with van der Waals surface area (Å²) in [6.07, 6.45) is 3.27. The van der Waals surface area contributed by atoms with Crippen LogP contribution in [0.2, 0.25) is 5.02 Å². The Morgan fingerprint density at radius 2 is 1.85 bits per heavy atom. The number of carbonyl (C=O) groups is 3. The standard InChI is InChI=1S/C27H22ClFN8O3S/c1-13-31-9-14(10-32-13)26-34-23-22(24(30)39)35-37(27(23)41-26)12-20(38)36-11-19(36)25(40)33-18-8-4-6-16(21(18)29)15-5-2-3-7-17(15)28/h2-10,19,23,27H,11-12H2,1H3,(H2,30,39)(H,33,40)/t19-,23?,27?,36?/m0/s1. The van der Waals surface area contributed by atoms with Crippen LogP contribution >= 0.6 is 23.4 Å². The van der Waals surface area contributed by atoms with Gasteiger partial charge in [-0.15, -0.1) is 0 Å². The summed E-state index contributed by atoms with van der Waals surface area (Å²) in [4.78, 5) is 52.4. The number of hydrazone groups is 1. The molecule has 11 nitrogen and oxygen atoms in total. The number of thioether (sulfide) groups is 1. The number of carbonyl (C=O) groups excluding carboxylic acids is 3. The molecule has 0 bridgehead atoms. The molecule has 3 N–H and O–H groups in total. The number of nitrogens with two attached hydrogens (primary N) is 1. The Bertz CT molecular complexity index is 1650. The van der Waals surface area contributed by atoms with E-state index in [0.29, 0.717) is 27.0 Å². The van der Waals surface area contributed by atoms with Crippen LogP contribution < -0.4 is 11.1 Å². The summed E-state index contributed by atoms with van der Waals surface area (Å²) >= 11 is 7.55. The van der Waals surface area contributed by atoms with Crippen molar-refractivity contribution in [2.75, 3.05) is 18.4 Å². The highest BCUT2D eigenvalue weighted by molar-refractivity contribution is 8.15. The van der Waals surface area contributed by atoms with E-state index < -0.39 is 35.1 Å². The number of primary amides is 1. The number of anilines is 1. The van der Waals surface area contributed by atoms with Gasteiger partial charge in [-0.1, -0.05) is 53.7 Å². The predicted octanol–water partition coefficient (Wildman–Crippen LogP) is 2.44. The van der Waals surface area contributed by atoms with Crippen molar-refractivity contribution in [2.45, 2.75) is 24.4 Å². The van der Waals surface area contributed by atoms with Crippen molar-refractivity contribution in [1.82, 2.24) is 19.9 Å². The highest BCUT2D eigenvalue weighted by Gasteiger charge is 2.49. The van der Waals surface area contributed by atoms with Gasteiger partial charge in [0.1, 0.15) is 34.9 Å². The molecule has 1 aromatic heterocycles. The van der Waals surface area contributed by atoms with Gasteiger partial charge in [0, 0.05) is 34.1 Å². The molecule has 4 heterocycles. The monoisotopic (exact) mass is 592 g/mol. The van der Waals surface area contributed by atoms with Crippen LogP contribution in [0.15, 0.2) is 65.0 Å². The number of aliphatic imine (C=N–C) groups is 1. The molecule has 41 heavy (non-hydrogen) atoms. The number of halogens is 2. The quantitative estimate of drug-likeness (QED) is 0.401. The first kappa shape index (κ1) is 26.8. The second-order valence-electron chi connectivity index (χ2n) is 9.55. The fourth-order valence-corrected chi connectivity index (χ4v) is 6.08. The molecule has 0 saturated carbocycles. The summed E-state index contributed by atoms with van der Waals surface area (Å²) in [6, 6.07) is 10.0. The molecule has 3 amide bonds. The molecule has 1 saturated heterocycles. The summed E-state index contributed by atoms with van der Waals surface area (Å²) in [5.74, 6) is -1.65. The molecule has 0 aliphatic carbocycles. The van der Waals surface area contributed by atoms with E-state index in [0.717, 1.165) is 0 Å². The van der Waals surface area contributed by atoms with Gasteiger partial charge in [-0.3, -0.25) is 24.4 Å². The normalized spacial score (nSPS) is 20.8. The third kappa shape index (κ3) is 5.13. The van der Waals surface area contributed by atoms with Crippen molar-refractivity contribution in [3.63, 3.8) is 0 Å². The summed E-state index contributed by atoms with van der Waals surface area (Å²) in [6.45, 7) is 1.74. The molecule has 2 aromatic carbocycles. The van der Waals surface area contributed by atoms with Crippen LogP contribution in [0.25, 0.3) is 11.1 Å². The van der Waals surface area contributed by atoms with Crippen molar-refractivity contribution in [2.24, 2.45) is 15.8 Å². The van der Waals surface area contributed by atoms with Crippen LogP contribution in [0.3, 0.4) is 0 Å². The molecule has 3 aromatic rings. The Labute approximate surface area is 242 Å². The summed E-state index contributed by atoms with van der Waals surface area (Å²) in [5, 5.41) is 8.83. The Balaban J connectivity index is 1.11. The van der Waals surface area contributed by atoms with E-state index >= 15 is 4.39 Å². The van der Waals surface area contributed by atoms with E-state index in [4.69, 9.17) is 17.3 Å². The molecular formula is C27H22ClFN8O3S. The fraction of sp³-hybridized carbons (Fsp3) is 0.222. The van der Waals surface area contributed by atoms with Crippen LogP contribution in [-0.2, 0) is 14.4 Å². The van der Waals surface area contributed by atoms with Crippen LogP contribution in [-0.4, -0.2) is 78.9 Å². The van der Waals surface area contributed by atoms with Crippen LogP contribution in [0.1, 0.15) is 11.4 Å². The highest BCUT2D eigenvalue weighted by Crippen LogP contribution is 2.38. The number of hydrogen-bond donors (Lipinski definition) is 2. The number of hydrogen-bond acceptors (Lipinski definition) is 9. The van der Waals surface area contributed by atoms with E-state index in [1.165, 1.54) is 27.7 Å². The van der Waals surface area contributed by atoms with Gasteiger partial charge in [-0.25, -0.2) is 14.4 Å². The molecule has 2 unspecified atom stereocenters. The maximum absolute atomic E-state index is 15.3.